The van der Waals surface area contributed by atoms with Crippen LogP contribution in [-0.2, 0) is 9.53 Å². The van der Waals surface area contributed by atoms with E-state index in [0.29, 0.717) is 28.8 Å². The van der Waals surface area contributed by atoms with Gasteiger partial charge in [0.05, 0.1) is 26.5 Å². The molecule has 3 aromatic rings. The van der Waals surface area contributed by atoms with Crippen molar-refractivity contribution in [2.75, 3.05) is 31.5 Å². The van der Waals surface area contributed by atoms with E-state index in [1.54, 1.807) is 63.4 Å². The monoisotopic (exact) mass is 479 g/mol. The van der Waals surface area contributed by atoms with Gasteiger partial charge in [0.1, 0.15) is 0 Å². The number of aromatic nitrogens is 1. The number of carbonyl (C=O) groups is 2. The van der Waals surface area contributed by atoms with Gasteiger partial charge >= 0.3 is 12.0 Å². The zero-order chi connectivity index (χ0) is 25.4. The Morgan fingerprint density at radius 2 is 1.63 bits per heavy atom. The zero-order valence-electron chi connectivity index (χ0n) is 20.4. The van der Waals surface area contributed by atoms with Crippen LogP contribution in [0.25, 0.3) is 11.1 Å². The van der Waals surface area contributed by atoms with Crippen LogP contribution in [0.3, 0.4) is 0 Å². The molecule has 9 heteroatoms. The first kappa shape index (κ1) is 25.4. The Bertz CT molecular complexity index is 1160. The van der Waals surface area contributed by atoms with Crippen LogP contribution < -0.4 is 24.8 Å². The quantitative estimate of drug-likeness (QED) is 0.410. The Morgan fingerprint density at radius 1 is 0.914 bits per heavy atom. The van der Waals surface area contributed by atoms with Crippen LogP contribution >= 0.6 is 0 Å². The summed E-state index contributed by atoms with van der Waals surface area (Å²) < 4.78 is 21.3. The highest BCUT2D eigenvalue weighted by Crippen LogP contribution is 2.34. The van der Waals surface area contributed by atoms with Crippen molar-refractivity contribution in [3.05, 3.63) is 60.8 Å². The van der Waals surface area contributed by atoms with E-state index in [1.165, 1.54) is 14.2 Å². The predicted octanol–water partition coefficient (Wildman–Crippen LogP) is 5.13. The molecule has 0 unspecified atom stereocenters. The zero-order valence-corrected chi connectivity index (χ0v) is 20.4. The SMILES string of the molecule is CCOC(=O)C(C)(C)Oc1ccc(-c2ccc(NC(=O)Nc3cccc(OC)c3OC)cc2)cn1. The maximum Gasteiger partial charge on any atom is 0.349 e. The molecule has 1 heterocycles. The van der Waals surface area contributed by atoms with Crippen molar-refractivity contribution in [2.24, 2.45) is 0 Å². The molecule has 3 rings (SSSR count). The summed E-state index contributed by atoms with van der Waals surface area (Å²) in [6.07, 6.45) is 1.65. The number of anilines is 2. The fourth-order valence-corrected chi connectivity index (χ4v) is 3.24. The summed E-state index contributed by atoms with van der Waals surface area (Å²) >= 11 is 0. The van der Waals surface area contributed by atoms with Crippen molar-refractivity contribution in [1.82, 2.24) is 4.98 Å². The first-order valence-electron chi connectivity index (χ1n) is 11.0. The highest BCUT2D eigenvalue weighted by Gasteiger charge is 2.32. The number of nitrogens with one attached hydrogen (secondary N) is 2. The van der Waals surface area contributed by atoms with Gasteiger partial charge in [0.25, 0.3) is 0 Å². The van der Waals surface area contributed by atoms with Gasteiger partial charge in [-0.05, 0) is 56.7 Å². The second-order valence-corrected chi connectivity index (χ2v) is 7.92. The lowest BCUT2D eigenvalue weighted by Crippen LogP contribution is -2.39. The second-order valence-electron chi connectivity index (χ2n) is 7.92. The molecular formula is C26H29N3O6. The third-order valence-corrected chi connectivity index (χ3v) is 4.99. The molecule has 0 fully saturated rings. The Kier molecular flexibility index (Phi) is 8.14. The molecule has 184 valence electrons. The minimum Gasteiger partial charge on any atom is -0.493 e. The molecule has 0 aliphatic carbocycles. The summed E-state index contributed by atoms with van der Waals surface area (Å²) in [4.78, 5) is 28.8. The van der Waals surface area contributed by atoms with E-state index in [4.69, 9.17) is 18.9 Å². The first-order chi connectivity index (χ1) is 16.8. The number of carbonyl (C=O) groups excluding carboxylic acids is 2. The van der Waals surface area contributed by atoms with Crippen LogP contribution in [-0.4, -0.2) is 43.4 Å². The number of para-hydroxylation sites is 1. The fourth-order valence-electron chi connectivity index (χ4n) is 3.24. The first-order valence-corrected chi connectivity index (χ1v) is 11.0. The smallest absolute Gasteiger partial charge is 0.349 e. The van der Waals surface area contributed by atoms with Crippen LogP contribution in [0.5, 0.6) is 17.4 Å². The molecule has 0 aliphatic rings. The van der Waals surface area contributed by atoms with Crippen molar-refractivity contribution in [1.29, 1.82) is 0 Å². The summed E-state index contributed by atoms with van der Waals surface area (Å²) in [5.41, 5.74) is 1.70. The lowest BCUT2D eigenvalue weighted by Gasteiger charge is -2.23. The van der Waals surface area contributed by atoms with Gasteiger partial charge in [-0.2, -0.15) is 0 Å². The number of pyridine rings is 1. The standard InChI is InChI=1S/C26H29N3O6/c1-6-34-24(30)26(2,3)35-22-15-12-18(16-27-22)17-10-13-19(14-11-17)28-25(31)29-20-8-7-9-21(32-4)23(20)33-5/h7-16H,6H2,1-5H3,(H2,28,29,31). The molecule has 0 radical (unpaired) electrons. The van der Waals surface area contributed by atoms with Crippen LogP contribution in [0.4, 0.5) is 16.2 Å². The van der Waals surface area contributed by atoms with E-state index in [-0.39, 0.29) is 6.61 Å². The Balaban J connectivity index is 1.63. The van der Waals surface area contributed by atoms with E-state index in [1.807, 2.05) is 18.2 Å². The summed E-state index contributed by atoms with van der Waals surface area (Å²) in [5, 5.41) is 5.55. The molecule has 9 nitrogen and oxygen atoms in total. The molecular weight excluding hydrogens is 450 g/mol. The summed E-state index contributed by atoms with van der Waals surface area (Å²) in [5.74, 6) is 0.813. The van der Waals surface area contributed by atoms with Gasteiger partial charge < -0.3 is 29.6 Å². The molecule has 0 saturated carbocycles. The second kappa shape index (κ2) is 11.2. The van der Waals surface area contributed by atoms with Crippen LogP contribution in [0, 0.1) is 0 Å². The lowest BCUT2D eigenvalue weighted by atomic mass is 10.1. The minimum atomic E-state index is -1.15. The highest BCUT2D eigenvalue weighted by atomic mass is 16.6. The molecule has 0 saturated heterocycles. The van der Waals surface area contributed by atoms with Gasteiger partial charge in [-0.3, -0.25) is 0 Å². The molecule has 0 aliphatic heterocycles. The van der Waals surface area contributed by atoms with Crippen molar-refractivity contribution in [2.45, 2.75) is 26.4 Å². The Morgan fingerprint density at radius 3 is 2.23 bits per heavy atom. The van der Waals surface area contributed by atoms with Crippen LogP contribution in [0.15, 0.2) is 60.8 Å². The number of benzene rings is 2. The molecule has 2 N–H and O–H groups in total. The summed E-state index contributed by atoms with van der Waals surface area (Å²) in [7, 11) is 3.04. The van der Waals surface area contributed by atoms with Crippen LogP contribution in [0.1, 0.15) is 20.8 Å². The number of esters is 1. The maximum absolute atomic E-state index is 12.5. The summed E-state index contributed by atoms with van der Waals surface area (Å²) in [6, 6.07) is 15.6. The number of rotatable bonds is 9. The van der Waals surface area contributed by atoms with Gasteiger partial charge in [0, 0.05) is 23.5 Å². The largest absolute Gasteiger partial charge is 0.493 e. The van der Waals surface area contributed by atoms with Gasteiger partial charge in [0.2, 0.25) is 11.5 Å². The maximum atomic E-state index is 12.5. The van der Waals surface area contributed by atoms with E-state index < -0.39 is 17.6 Å². The molecule has 2 aromatic carbocycles. The number of ether oxygens (including phenoxy) is 4. The normalized spacial score (nSPS) is 10.8. The topological polar surface area (TPSA) is 108 Å². The molecule has 35 heavy (non-hydrogen) atoms. The third-order valence-electron chi connectivity index (χ3n) is 4.99. The van der Waals surface area contributed by atoms with Gasteiger partial charge in [-0.25, -0.2) is 14.6 Å². The molecule has 0 spiro atoms. The van der Waals surface area contributed by atoms with Crippen molar-refractivity contribution < 1.29 is 28.5 Å². The van der Waals surface area contributed by atoms with E-state index in [9.17, 15) is 9.59 Å². The van der Waals surface area contributed by atoms with Gasteiger partial charge in [-0.1, -0.05) is 18.2 Å². The van der Waals surface area contributed by atoms with Crippen molar-refractivity contribution in [3.8, 4) is 28.5 Å². The van der Waals surface area contributed by atoms with Crippen molar-refractivity contribution in [3.63, 3.8) is 0 Å². The fraction of sp³-hybridized carbons (Fsp3) is 0.269. The third kappa shape index (κ3) is 6.41. The number of hydrogen-bond acceptors (Lipinski definition) is 7. The van der Waals surface area contributed by atoms with Crippen molar-refractivity contribution >= 4 is 23.4 Å². The lowest BCUT2D eigenvalue weighted by molar-refractivity contribution is -0.158. The van der Waals surface area contributed by atoms with E-state index in [0.717, 1.165) is 11.1 Å². The van der Waals surface area contributed by atoms with Gasteiger partial charge in [0.15, 0.2) is 11.5 Å². The average Bonchev–Trinajstić information content (AvgIpc) is 2.84. The molecule has 1 aromatic heterocycles. The van der Waals surface area contributed by atoms with E-state index in [2.05, 4.69) is 15.6 Å². The number of hydrogen-bond donors (Lipinski definition) is 2. The Hall–Kier alpha value is -4.27. The number of nitrogens with zero attached hydrogens (tertiary/aromatic N) is 1. The number of urea groups is 1. The molecule has 2 amide bonds. The molecule has 0 bridgehead atoms. The average molecular weight is 480 g/mol. The van der Waals surface area contributed by atoms with E-state index >= 15 is 0 Å². The number of amides is 2. The summed E-state index contributed by atoms with van der Waals surface area (Å²) in [6.45, 7) is 5.28. The minimum absolute atomic E-state index is 0.277. The molecule has 0 atom stereocenters. The number of methoxy groups -OCH3 is 2. The predicted molar refractivity (Wildman–Crippen MR) is 133 cm³/mol. The van der Waals surface area contributed by atoms with Gasteiger partial charge in [-0.15, -0.1) is 0 Å². The Labute approximate surface area is 204 Å². The highest BCUT2D eigenvalue weighted by molar-refractivity contribution is 6.01. The van der Waals surface area contributed by atoms with Crippen LogP contribution in [0.2, 0.25) is 0 Å².